The van der Waals surface area contributed by atoms with Crippen LogP contribution in [-0.4, -0.2) is 28.4 Å². The summed E-state index contributed by atoms with van der Waals surface area (Å²) >= 11 is 1.56. The first-order chi connectivity index (χ1) is 15.3. The highest BCUT2D eigenvalue weighted by molar-refractivity contribution is 7.98. The summed E-state index contributed by atoms with van der Waals surface area (Å²) < 4.78 is 49.8. The fourth-order valence-corrected chi connectivity index (χ4v) is 5.97. The Balaban J connectivity index is 1.68. The number of rotatable bonds is 4. The summed E-state index contributed by atoms with van der Waals surface area (Å²) in [4.78, 5) is 5.84. The number of anilines is 1. The monoisotopic (exact) mass is 457 g/mol. The van der Waals surface area contributed by atoms with Gasteiger partial charge in [-0.25, -0.2) is 4.98 Å². The number of nitrogens with zero attached hydrogens (tertiary/aromatic N) is 3. The van der Waals surface area contributed by atoms with Crippen LogP contribution in [0.3, 0.4) is 0 Å². The van der Waals surface area contributed by atoms with Gasteiger partial charge in [0.1, 0.15) is 22.0 Å². The van der Waals surface area contributed by atoms with Gasteiger partial charge < -0.3 is 4.74 Å². The number of fused-ring (bicyclic) bond motifs is 3. The molecule has 0 bridgehead atoms. The average molecular weight is 458 g/mol. The molecule has 32 heavy (non-hydrogen) atoms. The van der Waals surface area contributed by atoms with Crippen LogP contribution in [0, 0.1) is 0 Å². The van der Waals surface area contributed by atoms with Gasteiger partial charge in [-0.15, -0.1) is 11.8 Å². The van der Waals surface area contributed by atoms with Crippen LogP contribution in [0.2, 0.25) is 0 Å². The predicted molar refractivity (Wildman–Crippen MR) is 120 cm³/mol. The molecule has 1 aromatic heterocycles. The number of hydrogen-bond donors (Lipinski definition) is 0. The third kappa shape index (κ3) is 2.96. The molecule has 0 amide bonds. The number of aromatic nitrogens is 2. The Hall–Kier alpha value is -2.87. The Labute approximate surface area is 188 Å². The number of thioether (sulfide) groups is 1. The van der Waals surface area contributed by atoms with Gasteiger partial charge in [0.05, 0.1) is 19.0 Å². The van der Waals surface area contributed by atoms with E-state index in [1.807, 2.05) is 54.8 Å². The van der Waals surface area contributed by atoms with Gasteiger partial charge in [-0.05, 0) is 31.1 Å². The number of benzene rings is 1. The van der Waals surface area contributed by atoms with Crippen molar-refractivity contribution in [2.24, 2.45) is 0 Å². The Morgan fingerprint density at radius 2 is 1.94 bits per heavy atom. The lowest BCUT2D eigenvalue weighted by Gasteiger charge is -2.43. The number of hydrogen-bond acceptors (Lipinski definition) is 4. The van der Waals surface area contributed by atoms with Crippen molar-refractivity contribution < 1.29 is 17.9 Å². The van der Waals surface area contributed by atoms with E-state index in [0.717, 1.165) is 39.3 Å². The zero-order valence-corrected chi connectivity index (χ0v) is 18.7. The van der Waals surface area contributed by atoms with Gasteiger partial charge >= 0.3 is 6.18 Å². The van der Waals surface area contributed by atoms with Gasteiger partial charge in [-0.2, -0.15) is 13.2 Å². The molecule has 1 aromatic carbocycles. The Bertz CT molecular complexity index is 1210. The van der Waals surface area contributed by atoms with Crippen LogP contribution >= 0.6 is 11.8 Å². The summed E-state index contributed by atoms with van der Waals surface area (Å²) in [6.07, 6.45) is 2.05. The summed E-state index contributed by atoms with van der Waals surface area (Å²) in [6.45, 7) is 3.83. The van der Waals surface area contributed by atoms with Gasteiger partial charge in [-0.1, -0.05) is 42.5 Å². The molecule has 3 aliphatic rings. The van der Waals surface area contributed by atoms with E-state index in [-0.39, 0.29) is 5.95 Å². The lowest BCUT2D eigenvalue weighted by Crippen LogP contribution is -2.50. The molecule has 8 heteroatoms. The van der Waals surface area contributed by atoms with E-state index in [1.165, 1.54) is 11.0 Å². The smallest absolute Gasteiger partial charge is 0.431 e. The summed E-state index contributed by atoms with van der Waals surface area (Å²) in [5.41, 5.74) is 1.96. The van der Waals surface area contributed by atoms with E-state index in [1.54, 1.807) is 25.1 Å². The van der Waals surface area contributed by atoms with Crippen LogP contribution in [0.5, 0.6) is 0 Å². The van der Waals surface area contributed by atoms with Crippen molar-refractivity contribution in [3.8, 4) is 0 Å². The van der Waals surface area contributed by atoms with Crippen LogP contribution in [0.1, 0.15) is 25.8 Å². The van der Waals surface area contributed by atoms with Crippen LogP contribution in [-0.2, 0) is 10.5 Å². The molecule has 0 N–H and O–H groups in total. The van der Waals surface area contributed by atoms with Crippen molar-refractivity contribution in [2.75, 3.05) is 12.0 Å². The Kier molecular flexibility index (Phi) is 4.81. The van der Waals surface area contributed by atoms with E-state index < -0.39 is 17.4 Å². The van der Waals surface area contributed by atoms with E-state index in [2.05, 4.69) is 4.98 Å². The van der Waals surface area contributed by atoms with Crippen molar-refractivity contribution in [3.63, 3.8) is 0 Å². The highest BCUT2D eigenvalue weighted by Crippen LogP contribution is 2.57. The molecule has 3 heterocycles. The molecule has 2 aromatic rings. The zero-order chi connectivity index (χ0) is 22.7. The molecular weight excluding hydrogens is 435 g/mol. The molecular formula is C24H22F3N3OS. The summed E-state index contributed by atoms with van der Waals surface area (Å²) in [5.74, 6) is 1.70. The van der Waals surface area contributed by atoms with Gasteiger partial charge in [-0.3, -0.25) is 9.47 Å². The Morgan fingerprint density at radius 3 is 2.62 bits per heavy atom. The molecule has 0 saturated carbocycles. The minimum atomic E-state index is -4.51. The molecule has 1 aliphatic carbocycles. The quantitative estimate of drug-likeness (QED) is 0.504. The van der Waals surface area contributed by atoms with Gasteiger partial charge in [0.15, 0.2) is 0 Å². The van der Waals surface area contributed by atoms with Crippen LogP contribution < -0.4 is 4.90 Å². The number of imidazole rings is 1. The second kappa shape index (κ2) is 7.33. The molecule has 5 rings (SSSR count). The number of alkyl halides is 3. The van der Waals surface area contributed by atoms with Crippen LogP contribution in [0.25, 0.3) is 5.70 Å². The normalized spacial score (nSPS) is 22.1. The maximum absolute atomic E-state index is 14.1. The maximum Gasteiger partial charge on any atom is 0.431 e. The molecule has 0 saturated heterocycles. The van der Waals surface area contributed by atoms with Gasteiger partial charge in [0, 0.05) is 17.7 Å². The van der Waals surface area contributed by atoms with E-state index >= 15 is 0 Å². The van der Waals surface area contributed by atoms with E-state index in [9.17, 15) is 13.2 Å². The highest BCUT2D eigenvalue weighted by Gasteiger charge is 2.58. The molecule has 4 nitrogen and oxygen atoms in total. The molecule has 166 valence electrons. The van der Waals surface area contributed by atoms with E-state index in [0.29, 0.717) is 12.2 Å². The summed E-state index contributed by atoms with van der Waals surface area (Å²) in [7, 11) is 1.60. The maximum atomic E-state index is 14.1. The fraction of sp³-hybridized carbons (Fsp3) is 0.292. The summed E-state index contributed by atoms with van der Waals surface area (Å²) in [5, 5.41) is 0.803. The topological polar surface area (TPSA) is 30.3 Å². The highest BCUT2D eigenvalue weighted by atomic mass is 32.2. The molecule has 0 fully saturated rings. The molecule has 1 unspecified atom stereocenters. The van der Waals surface area contributed by atoms with Crippen LogP contribution in [0.15, 0.2) is 82.4 Å². The second-order valence-electron chi connectivity index (χ2n) is 8.14. The van der Waals surface area contributed by atoms with E-state index in [4.69, 9.17) is 4.74 Å². The van der Waals surface area contributed by atoms with Crippen molar-refractivity contribution in [1.29, 1.82) is 0 Å². The van der Waals surface area contributed by atoms with Crippen molar-refractivity contribution in [3.05, 3.63) is 82.9 Å². The third-order valence-electron chi connectivity index (χ3n) is 6.15. The predicted octanol–water partition coefficient (Wildman–Crippen LogP) is 6.31. The standard InChI is InChI=1S/C24H22F3N3OS/c1-15-12-23-11-7-10-18(24(25,26)27)30(23)22-28-13-19(32-14-17-8-5-4-6-9-17)29(22)21(23)16(2)20(15)31-3/h4-11,13H,12,14H2,1-3H3. The largest absolute Gasteiger partial charge is 0.496 e. The summed E-state index contributed by atoms with van der Waals surface area (Å²) in [6, 6.07) is 9.98. The number of methoxy groups -OCH3 is 1. The molecule has 1 atom stereocenters. The van der Waals surface area contributed by atoms with Crippen molar-refractivity contribution in [1.82, 2.24) is 9.55 Å². The number of ether oxygens (including phenoxy) is 1. The first-order valence-corrected chi connectivity index (χ1v) is 11.2. The second-order valence-corrected chi connectivity index (χ2v) is 9.13. The average Bonchev–Trinajstić information content (AvgIpc) is 3.27. The Morgan fingerprint density at radius 1 is 1.19 bits per heavy atom. The minimum absolute atomic E-state index is 0.285. The first-order valence-electron chi connectivity index (χ1n) is 10.2. The van der Waals surface area contributed by atoms with Gasteiger partial charge in [0.2, 0.25) is 5.95 Å². The SMILES string of the molecule is COC1=C(C)CC23C=CC=C(C(F)(F)F)N2c2ncc(SCc4ccccc4)n2C3=C1C. The minimum Gasteiger partial charge on any atom is -0.496 e. The van der Waals surface area contributed by atoms with Crippen LogP contribution in [0.4, 0.5) is 19.1 Å². The fourth-order valence-electron chi connectivity index (χ4n) is 5.03. The molecule has 2 aliphatic heterocycles. The first kappa shape index (κ1) is 21.0. The molecule has 0 radical (unpaired) electrons. The van der Waals surface area contributed by atoms with Crippen molar-refractivity contribution in [2.45, 2.75) is 42.8 Å². The number of allylic oxidation sites excluding steroid dienone is 4. The number of halogens is 3. The lowest BCUT2D eigenvalue weighted by atomic mass is 9.78. The molecule has 1 spiro atoms. The third-order valence-corrected chi connectivity index (χ3v) is 7.21. The zero-order valence-electron chi connectivity index (χ0n) is 17.9. The van der Waals surface area contributed by atoms with Gasteiger partial charge in [0.25, 0.3) is 0 Å². The van der Waals surface area contributed by atoms with Crippen molar-refractivity contribution >= 4 is 23.4 Å². The lowest BCUT2D eigenvalue weighted by molar-refractivity contribution is -0.0945.